The molecule has 0 amide bonds. The Labute approximate surface area is 189 Å². The first-order valence-electron chi connectivity index (χ1n) is 10.5. The van der Waals surface area contributed by atoms with Crippen molar-refractivity contribution in [2.45, 2.75) is 43.1 Å². The zero-order valence-corrected chi connectivity index (χ0v) is 18.0. The number of hydrogen-bond acceptors (Lipinski definition) is 7. The lowest BCUT2D eigenvalue weighted by molar-refractivity contribution is -0.243. The van der Waals surface area contributed by atoms with E-state index in [1.165, 1.54) is 12.1 Å². The van der Waals surface area contributed by atoms with Crippen molar-refractivity contribution in [3.63, 3.8) is 0 Å². The lowest BCUT2D eigenvalue weighted by atomic mass is 9.55. The Bertz CT molecular complexity index is 1130. The standard InChI is InChI=1S/C24H22ClNO6/c1-2-10-26-20-12-14-11-18(27)19(28)13-17(14)24(26,32-22(30)21(29)31-20)23(8-3-9-23)15-4-6-16(25)7-5-15/h2,4-7,11,13,20,27-28H,1,3,8-10,12H2. The minimum Gasteiger partial charge on any atom is -0.504 e. The van der Waals surface area contributed by atoms with Gasteiger partial charge in [-0.1, -0.05) is 36.2 Å². The summed E-state index contributed by atoms with van der Waals surface area (Å²) < 4.78 is 11.6. The number of aromatic hydroxyl groups is 2. The molecule has 2 aliphatic heterocycles. The third kappa shape index (κ3) is 2.71. The molecule has 2 heterocycles. The molecule has 0 radical (unpaired) electrons. The summed E-state index contributed by atoms with van der Waals surface area (Å²) in [4.78, 5) is 27.2. The van der Waals surface area contributed by atoms with Crippen LogP contribution in [0.2, 0.25) is 5.02 Å². The highest BCUT2D eigenvalue weighted by Crippen LogP contribution is 2.62. The molecule has 2 atom stereocenters. The predicted octanol–water partition coefficient (Wildman–Crippen LogP) is 3.50. The Kier molecular flexibility index (Phi) is 4.72. The average molecular weight is 456 g/mol. The van der Waals surface area contributed by atoms with Gasteiger partial charge in [0.25, 0.3) is 0 Å². The van der Waals surface area contributed by atoms with Gasteiger partial charge in [0.1, 0.15) is 0 Å². The van der Waals surface area contributed by atoms with Crippen LogP contribution in [0.4, 0.5) is 0 Å². The van der Waals surface area contributed by atoms with Crippen molar-refractivity contribution >= 4 is 23.5 Å². The van der Waals surface area contributed by atoms with Crippen molar-refractivity contribution in [3.05, 3.63) is 70.8 Å². The van der Waals surface area contributed by atoms with E-state index >= 15 is 0 Å². The fourth-order valence-corrected chi connectivity index (χ4v) is 5.59. The first-order valence-corrected chi connectivity index (χ1v) is 10.8. The SMILES string of the molecule is C=CCN1C2Cc3cc(O)c(O)cc3C1(C1(c3ccc(Cl)cc3)CCC1)OC(=O)C(=O)O2. The van der Waals surface area contributed by atoms with Gasteiger partial charge in [0, 0.05) is 23.6 Å². The van der Waals surface area contributed by atoms with Crippen LogP contribution in [0.3, 0.4) is 0 Å². The smallest absolute Gasteiger partial charge is 0.419 e. The van der Waals surface area contributed by atoms with Crippen molar-refractivity contribution in [2.24, 2.45) is 0 Å². The molecular formula is C24H22ClNO6. The molecule has 2 aromatic carbocycles. The number of rotatable bonds is 4. The number of fused-ring (bicyclic) bond motifs is 4. The van der Waals surface area contributed by atoms with E-state index in [9.17, 15) is 19.8 Å². The molecule has 0 spiro atoms. The maximum atomic E-state index is 12.9. The van der Waals surface area contributed by atoms with E-state index in [0.717, 1.165) is 12.0 Å². The van der Waals surface area contributed by atoms with Crippen LogP contribution >= 0.6 is 11.6 Å². The van der Waals surface area contributed by atoms with Crippen molar-refractivity contribution in [1.29, 1.82) is 0 Å². The average Bonchev–Trinajstić information content (AvgIpc) is 2.79. The summed E-state index contributed by atoms with van der Waals surface area (Å²) in [5.41, 5.74) is -0.148. The van der Waals surface area contributed by atoms with Crippen molar-refractivity contribution in [1.82, 2.24) is 4.90 Å². The summed E-state index contributed by atoms with van der Waals surface area (Å²) in [6.45, 7) is 4.12. The Hall–Kier alpha value is -3.03. The zero-order chi connectivity index (χ0) is 22.7. The van der Waals surface area contributed by atoms with Crippen molar-refractivity contribution in [3.8, 4) is 11.5 Å². The number of ether oxygens (including phenoxy) is 2. The van der Waals surface area contributed by atoms with Gasteiger partial charge in [0.15, 0.2) is 17.7 Å². The maximum absolute atomic E-state index is 12.9. The Morgan fingerprint density at radius 1 is 1.12 bits per heavy atom. The van der Waals surface area contributed by atoms with Crippen LogP contribution < -0.4 is 0 Å². The molecule has 32 heavy (non-hydrogen) atoms. The van der Waals surface area contributed by atoms with Gasteiger partial charge in [-0.2, -0.15) is 0 Å². The summed E-state index contributed by atoms with van der Waals surface area (Å²) in [5.74, 6) is -2.79. The molecule has 2 aromatic rings. The molecule has 2 N–H and O–H groups in total. The first kappa shape index (κ1) is 20.8. The Balaban J connectivity index is 1.86. The second-order valence-corrected chi connectivity index (χ2v) is 8.92. The molecule has 2 unspecified atom stereocenters. The van der Waals surface area contributed by atoms with Gasteiger partial charge in [-0.15, -0.1) is 6.58 Å². The number of phenolic OH excluding ortho intramolecular Hbond substituents is 2. The molecule has 5 rings (SSSR count). The second kappa shape index (κ2) is 7.25. The maximum Gasteiger partial charge on any atom is 0.419 e. The third-order valence-corrected chi connectivity index (χ3v) is 7.19. The highest BCUT2D eigenvalue weighted by molar-refractivity contribution is 6.30. The third-order valence-electron chi connectivity index (χ3n) is 6.94. The minimum absolute atomic E-state index is 0.220. The van der Waals surface area contributed by atoms with Crippen LogP contribution in [0.1, 0.15) is 36.0 Å². The molecular weight excluding hydrogens is 434 g/mol. The second-order valence-electron chi connectivity index (χ2n) is 8.48. The minimum atomic E-state index is -1.46. The molecule has 2 bridgehead atoms. The van der Waals surface area contributed by atoms with Gasteiger partial charge in [-0.05, 0) is 48.2 Å². The lowest BCUT2D eigenvalue weighted by Crippen LogP contribution is -2.68. The topological polar surface area (TPSA) is 96.3 Å². The molecule has 1 saturated heterocycles. The van der Waals surface area contributed by atoms with Crippen LogP contribution in [0.15, 0.2) is 49.1 Å². The highest BCUT2D eigenvalue weighted by atomic mass is 35.5. The molecule has 3 aliphatic rings. The molecule has 8 heteroatoms. The summed E-state index contributed by atoms with van der Waals surface area (Å²) in [5, 5.41) is 21.2. The van der Waals surface area contributed by atoms with E-state index in [1.54, 1.807) is 18.2 Å². The van der Waals surface area contributed by atoms with Crippen LogP contribution in [0.25, 0.3) is 0 Å². The van der Waals surface area contributed by atoms with Gasteiger partial charge < -0.3 is 19.7 Å². The monoisotopic (exact) mass is 455 g/mol. The lowest BCUT2D eigenvalue weighted by Gasteiger charge is -2.61. The van der Waals surface area contributed by atoms with Crippen LogP contribution in [-0.4, -0.2) is 39.8 Å². The fraction of sp³-hybridized carbons (Fsp3) is 0.333. The van der Waals surface area contributed by atoms with E-state index < -0.39 is 29.3 Å². The van der Waals surface area contributed by atoms with E-state index in [1.807, 2.05) is 17.0 Å². The van der Waals surface area contributed by atoms with E-state index in [0.29, 0.717) is 29.0 Å². The van der Waals surface area contributed by atoms with Crippen molar-refractivity contribution in [2.75, 3.05) is 6.54 Å². The van der Waals surface area contributed by atoms with Gasteiger partial charge in [0.2, 0.25) is 5.72 Å². The Morgan fingerprint density at radius 3 is 2.44 bits per heavy atom. The molecule has 7 nitrogen and oxygen atoms in total. The molecule has 166 valence electrons. The van der Waals surface area contributed by atoms with Crippen LogP contribution in [-0.2, 0) is 36.6 Å². The quantitative estimate of drug-likeness (QED) is 0.315. The number of esters is 2. The number of benzene rings is 2. The van der Waals surface area contributed by atoms with Gasteiger partial charge in [-0.3, -0.25) is 0 Å². The van der Waals surface area contributed by atoms with Gasteiger partial charge in [0.05, 0.1) is 5.41 Å². The number of nitrogens with zero attached hydrogens (tertiary/aromatic N) is 1. The molecule has 2 fully saturated rings. The number of halogens is 1. The van der Waals surface area contributed by atoms with Gasteiger partial charge >= 0.3 is 11.9 Å². The van der Waals surface area contributed by atoms with Crippen LogP contribution in [0, 0.1) is 0 Å². The normalized spacial score (nSPS) is 26.2. The number of hydrogen-bond donors (Lipinski definition) is 2. The van der Waals surface area contributed by atoms with Gasteiger partial charge in [-0.25, -0.2) is 14.5 Å². The largest absolute Gasteiger partial charge is 0.504 e. The summed E-state index contributed by atoms with van der Waals surface area (Å²) >= 11 is 6.14. The molecule has 1 aliphatic carbocycles. The van der Waals surface area contributed by atoms with E-state index in [4.69, 9.17) is 21.1 Å². The fourth-order valence-electron chi connectivity index (χ4n) is 5.46. The number of phenols is 2. The van der Waals surface area contributed by atoms with E-state index in [2.05, 4.69) is 6.58 Å². The summed E-state index contributed by atoms with van der Waals surface area (Å²) in [6.07, 6.45) is 3.28. The number of carbonyl (C=O) groups excluding carboxylic acids is 2. The predicted molar refractivity (Wildman–Crippen MR) is 115 cm³/mol. The number of carbonyl (C=O) groups is 2. The Morgan fingerprint density at radius 2 is 1.81 bits per heavy atom. The first-order chi connectivity index (χ1) is 15.3. The summed E-state index contributed by atoms with van der Waals surface area (Å²) in [7, 11) is 0. The molecule has 1 saturated carbocycles. The molecule has 0 aromatic heterocycles. The summed E-state index contributed by atoms with van der Waals surface area (Å²) in [6, 6.07) is 10.2. The zero-order valence-electron chi connectivity index (χ0n) is 17.2. The van der Waals surface area contributed by atoms with E-state index in [-0.39, 0.29) is 24.5 Å². The van der Waals surface area contributed by atoms with Crippen molar-refractivity contribution < 1.29 is 29.3 Å². The highest BCUT2D eigenvalue weighted by Gasteiger charge is 2.67. The van der Waals surface area contributed by atoms with Crippen LogP contribution in [0.5, 0.6) is 11.5 Å².